The zero-order chi connectivity index (χ0) is 14.7. The normalized spacial score (nSPS) is 10.7. The van der Waals surface area contributed by atoms with Gasteiger partial charge in [-0.15, -0.1) is 11.8 Å². The Morgan fingerprint density at radius 3 is 2.80 bits per heavy atom. The van der Waals surface area contributed by atoms with Crippen LogP contribution in [0.5, 0.6) is 0 Å². The average Bonchev–Trinajstić information content (AvgIpc) is 2.40. The van der Waals surface area contributed by atoms with Gasteiger partial charge < -0.3 is 5.01 Å². The summed E-state index contributed by atoms with van der Waals surface area (Å²) in [7, 11) is 1.75. The Morgan fingerprint density at radius 2 is 2.10 bits per heavy atom. The lowest BCUT2D eigenvalue weighted by Gasteiger charge is -2.18. The van der Waals surface area contributed by atoms with E-state index >= 15 is 0 Å². The highest BCUT2D eigenvalue weighted by Gasteiger charge is 2.11. The van der Waals surface area contributed by atoms with Gasteiger partial charge in [-0.2, -0.15) is 0 Å². The summed E-state index contributed by atoms with van der Waals surface area (Å²) < 4.78 is 14.6. The van der Waals surface area contributed by atoms with E-state index in [1.165, 1.54) is 22.8 Å². The Hall–Kier alpha value is -0.750. The van der Waals surface area contributed by atoms with Crippen LogP contribution >= 0.6 is 39.3 Å². The molecule has 0 spiro atoms. The van der Waals surface area contributed by atoms with Crippen LogP contribution in [-0.2, 0) is 5.75 Å². The summed E-state index contributed by atoms with van der Waals surface area (Å²) in [5.74, 6) is 6.09. The van der Waals surface area contributed by atoms with Gasteiger partial charge in [0.1, 0.15) is 5.82 Å². The predicted molar refractivity (Wildman–Crippen MR) is 87.7 cm³/mol. The monoisotopic (exact) mass is 374 g/mol. The highest BCUT2D eigenvalue weighted by Crippen LogP contribution is 2.34. The third kappa shape index (κ3) is 3.67. The first-order valence-corrected chi connectivity index (χ1v) is 7.98. The molecule has 0 heterocycles. The molecule has 0 aliphatic rings. The van der Waals surface area contributed by atoms with Crippen molar-refractivity contribution >= 4 is 45.0 Å². The van der Waals surface area contributed by atoms with Crippen LogP contribution < -0.4 is 10.9 Å². The molecule has 0 amide bonds. The van der Waals surface area contributed by atoms with E-state index in [0.29, 0.717) is 15.7 Å². The van der Waals surface area contributed by atoms with E-state index in [0.717, 1.165) is 15.7 Å². The molecule has 0 bridgehead atoms. The molecule has 2 aromatic carbocycles. The van der Waals surface area contributed by atoms with Gasteiger partial charge >= 0.3 is 0 Å². The van der Waals surface area contributed by atoms with Crippen molar-refractivity contribution in [2.24, 2.45) is 5.84 Å². The third-order valence-electron chi connectivity index (χ3n) is 2.74. The first-order valence-electron chi connectivity index (χ1n) is 5.82. The predicted octanol–water partition coefficient (Wildman–Crippen LogP) is 4.84. The van der Waals surface area contributed by atoms with Crippen LogP contribution in [0.15, 0.2) is 45.8 Å². The van der Waals surface area contributed by atoms with Crippen LogP contribution in [0.2, 0.25) is 5.02 Å². The van der Waals surface area contributed by atoms with Gasteiger partial charge in [0.15, 0.2) is 0 Å². The van der Waals surface area contributed by atoms with Crippen LogP contribution in [0.3, 0.4) is 0 Å². The Kier molecular flexibility index (Phi) is 5.32. The molecular formula is C14H13BrClFN2S. The van der Waals surface area contributed by atoms with Gasteiger partial charge in [0, 0.05) is 32.8 Å². The molecule has 2 N–H and O–H groups in total. The van der Waals surface area contributed by atoms with Crippen molar-refractivity contribution in [1.29, 1.82) is 0 Å². The minimum absolute atomic E-state index is 0.243. The first-order chi connectivity index (χ1) is 9.49. The van der Waals surface area contributed by atoms with E-state index in [-0.39, 0.29) is 5.82 Å². The van der Waals surface area contributed by atoms with Crippen LogP contribution in [0.25, 0.3) is 0 Å². The fourth-order valence-electron chi connectivity index (χ4n) is 1.76. The maximum absolute atomic E-state index is 13.7. The second kappa shape index (κ2) is 6.80. The largest absolute Gasteiger partial charge is 0.314 e. The zero-order valence-electron chi connectivity index (χ0n) is 10.7. The Bertz CT molecular complexity index is 622. The van der Waals surface area contributed by atoms with Crippen LogP contribution in [0, 0.1) is 5.82 Å². The molecule has 2 rings (SSSR count). The molecule has 0 radical (unpaired) electrons. The molecule has 0 aromatic heterocycles. The minimum Gasteiger partial charge on any atom is -0.314 e. The van der Waals surface area contributed by atoms with E-state index in [4.69, 9.17) is 17.4 Å². The fourth-order valence-corrected chi connectivity index (χ4v) is 3.61. The van der Waals surface area contributed by atoms with Gasteiger partial charge in [-0.3, -0.25) is 0 Å². The SMILES string of the molecule is CN(N)c1cccc(Cl)c1CSc1cc(Br)ccc1F. The van der Waals surface area contributed by atoms with Crippen molar-refractivity contribution < 1.29 is 4.39 Å². The molecule has 0 aliphatic carbocycles. The number of rotatable bonds is 4. The molecule has 106 valence electrons. The maximum atomic E-state index is 13.7. The van der Waals surface area contributed by atoms with E-state index in [1.807, 2.05) is 18.2 Å². The molecule has 0 saturated heterocycles. The molecule has 2 nitrogen and oxygen atoms in total. The minimum atomic E-state index is -0.243. The molecule has 6 heteroatoms. The van der Waals surface area contributed by atoms with Crippen molar-refractivity contribution in [1.82, 2.24) is 0 Å². The molecular weight excluding hydrogens is 363 g/mol. The maximum Gasteiger partial charge on any atom is 0.136 e. The Morgan fingerprint density at radius 1 is 1.35 bits per heavy atom. The fraction of sp³-hybridized carbons (Fsp3) is 0.143. The number of hydrogen-bond donors (Lipinski definition) is 1. The summed E-state index contributed by atoms with van der Waals surface area (Å²) in [5, 5.41) is 2.14. The summed E-state index contributed by atoms with van der Waals surface area (Å²) in [4.78, 5) is 0.574. The lowest BCUT2D eigenvalue weighted by molar-refractivity contribution is 0.601. The van der Waals surface area contributed by atoms with Crippen molar-refractivity contribution in [2.45, 2.75) is 10.6 Å². The van der Waals surface area contributed by atoms with Crippen molar-refractivity contribution in [2.75, 3.05) is 12.1 Å². The summed E-state index contributed by atoms with van der Waals surface area (Å²) >= 11 is 10.9. The molecule has 0 aliphatic heterocycles. The Balaban J connectivity index is 2.25. The van der Waals surface area contributed by atoms with Gasteiger partial charge in [-0.05, 0) is 30.3 Å². The second-order valence-electron chi connectivity index (χ2n) is 4.21. The molecule has 0 unspecified atom stereocenters. The highest BCUT2D eigenvalue weighted by molar-refractivity contribution is 9.10. The number of hydrogen-bond acceptors (Lipinski definition) is 3. The Labute approximate surface area is 135 Å². The lowest BCUT2D eigenvalue weighted by atomic mass is 10.2. The number of anilines is 1. The quantitative estimate of drug-likeness (QED) is 0.471. The number of hydrazine groups is 1. The number of halogens is 3. The molecule has 20 heavy (non-hydrogen) atoms. The molecule has 0 atom stereocenters. The van der Waals surface area contributed by atoms with Crippen molar-refractivity contribution in [3.05, 3.63) is 57.3 Å². The van der Waals surface area contributed by atoms with Crippen molar-refractivity contribution in [3.8, 4) is 0 Å². The highest BCUT2D eigenvalue weighted by atomic mass is 79.9. The van der Waals surface area contributed by atoms with E-state index < -0.39 is 0 Å². The lowest BCUT2D eigenvalue weighted by Crippen LogP contribution is -2.26. The van der Waals surface area contributed by atoms with Crippen LogP contribution in [-0.4, -0.2) is 7.05 Å². The number of nitrogens with zero attached hydrogens (tertiary/aromatic N) is 1. The third-order valence-corrected chi connectivity index (χ3v) is 4.64. The van der Waals surface area contributed by atoms with Gasteiger partial charge in [0.05, 0.1) is 5.69 Å². The first kappa shape index (κ1) is 15.6. The van der Waals surface area contributed by atoms with E-state index in [9.17, 15) is 4.39 Å². The van der Waals surface area contributed by atoms with Crippen LogP contribution in [0.4, 0.5) is 10.1 Å². The molecule has 0 saturated carbocycles. The number of benzene rings is 2. The molecule has 0 fully saturated rings. The second-order valence-corrected chi connectivity index (χ2v) is 6.55. The molecule has 2 aromatic rings. The van der Waals surface area contributed by atoms with Gasteiger partial charge in [-0.25, -0.2) is 10.2 Å². The van der Waals surface area contributed by atoms with Gasteiger partial charge in [0.25, 0.3) is 0 Å². The van der Waals surface area contributed by atoms with E-state index in [1.54, 1.807) is 19.2 Å². The van der Waals surface area contributed by atoms with Crippen LogP contribution in [0.1, 0.15) is 5.56 Å². The number of nitrogens with two attached hydrogens (primary N) is 1. The summed E-state index contributed by atoms with van der Waals surface area (Å²) in [6, 6.07) is 10.4. The zero-order valence-corrected chi connectivity index (χ0v) is 13.9. The topological polar surface area (TPSA) is 29.3 Å². The standard InChI is InChI=1S/C14H13BrClFN2S/c1-19(18)13-4-2-3-11(16)10(13)8-20-14-7-9(15)5-6-12(14)17/h2-7H,8,18H2,1H3. The van der Waals surface area contributed by atoms with E-state index in [2.05, 4.69) is 15.9 Å². The number of thioether (sulfide) groups is 1. The van der Waals surface area contributed by atoms with Gasteiger partial charge in [0.2, 0.25) is 0 Å². The van der Waals surface area contributed by atoms with Crippen molar-refractivity contribution in [3.63, 3.8) is 0 Å². The summed E-state index contributed by atoms with van der Waals surface area (Å²) in [5.41, 5.74) is 1.73. The van der Waals surface area contributed by atoms with Gasteiger partial charge in [-0.1, -0.05) is 33.6 Å². The smallest absolute Gasteiger partial charge is 0.136 e. The summed E-state index contributed by atoms with van der Waals surface area (Å²) in [6.45, 7) is 0. The average molecular weight is 376 g/mol. The summed E-state index contributed by atoms with van der Waals surface area (Å²) in [6.07, 6.45) is 0.